The number of nitrogens with two attached hydrogens (primary N) is 1. The lowest BCUT2D eigenvalue weighted by Crippen LogP contribution is -2.16. The molecule has 0 radical (unpaired) electrons. The van der Waals surface area contributed by atoms with E-state index < -0.39 is 0 Å². The van der Waals surface area contributed by atoms with Crippen molar-refractivity contribution in [2.45, 2.75) is 26.2 Å². The quantitative estimate of drug-likeness (QED) is 0.809. The van der Waals surface area contributed by atoms with E-state index in [0.29, 0.717) is 18.4 Å². The zero-order chi connectivity index (χ0) is 14.1. The molecule has 2 saturated carbocycles. The molecule has 2 aliphatic rings. The van der Waals surface area contributed by atoms with Crippen molar-refractivity contribution in [3.05, 3.63) is 29.3 Å². The molecule has 0 bridgehead atoms. The van der Waals surface area contributed by atoms with Crippen LogP contribution < -0.4 is 11.1 Å². The van der Waals surface area contributed by atoms with Crippen molar-refractivity contribution in [1.82, 2.24) is 0 Å². The Morgan fingerprint density at radius 2 is 2.15 bits per heavy atom. The smallest absolute Gasteiger partial charge is 0.228 e. The lowest BCUT2D eigenvalue weighted by atomic mass is 10.1. The number of anilines is 1. The summed E-state index contributed by atoms with van der Waals surface area (Å²) in [5.41, 5.74) is 8.29. The van der Waals surface area contributed by atoms with Crippen molar-refractivity contribution in [3.8, 4) is 11.8 Å². The summed E-state index contributed by atoms with van der Waals surface area (Å²) in [6.45, 7) is 2.37. The van der Waals surface area contributed by atoms with Gasteiger partial charge in [-0.3, -0.25) is 4.79 Å². The van der Waals surface area contributed by atoms with Crippen LogP contribution in [0.15, 0.2) is 18.2 Å². The van der Waals surface area contributed by atoms with E-state index >= 15 is 0 Å². The SMILES string of the molecule is Cc1cc(NC(=O)C2C3CCCC32)ccc1C#CCN. The van der Waals surface area contributed by atoms with Gasteiger partial charge in [0.15, 0.2) is 0 Å². The summed E-state index contributed by atoms with van der Waals surface area (Å²) < 4.78 is 0. The fourth-order valence-corrected chi connectivity index (χ4v) is 3.46. The summed E-state index contributed by atoms with van der Waals surface area (Å²) in [5, 5.41) is 3.04. The Morgan fingerprint density at radius 1 is 1.40 bits per heavy atom. The first kappa shape index (κ1) is 13.2. The molecule has 3 N–H and O–H groups in total. The highest BCUT2D eigenvalue weighted by Crippen LogP contribution is 2.57. The second kappa shape index (κ2) is 5.30. The Morgan fingerprint density at radius 3 is 2.80 bits per heavy atom. The number of benzene rings is 1. The third-order valence-electron chi connectivity index (χ3n) is 4.53. The van der Waals surface area contributed by atoms with Crippen molar-refractivity contribution in [2.24, 2.45) is 23.5 Å². The standard InChI is InChI=1S/C17H20N2O/c1-11-10-13(8-7-12(11)4-3-9-18)19-17(20)16-14-5-2-6-15(14)16/h7-8,10,14-16H,2,5-6,9,18H2,1H3,(H,19,20). The number of carbonyl (C=O) groups is 1. The number of hydrogen-bond donors (Lipinski definition) is 2. The van der Waals surface area contributed by atoms with Gasteiger partial charge in [0, 0.05) is 17.2 Å². The molecule has 2 atom stereocenters. The average molecular weight is 268 g/mol. The van der Waals surface area contributed by atoms with Gasteiger partial charge < -0.3 is 11.1 Å². The third-order valence-corrected chi connectivity index (χ3v) is 4.53. The first-order valence-corrected chi connectivity index (χ1v) is 7.31. The van der Waals surface area contributed by atoms with E-state index in [0.717, 1.165) is 16.8 Å². The lowest BCUT2D eigenvalue weighted by Gasteiger charge is -2.08. The van der Waals surface area contributed by atoms with E-state index in [-0.39, 0.29) is 11.8 Å². The van der Waals surface area contributed by atoms with Gasteiger partial charge >= 0.3 is 0 Å². The van der Waals surface area contributed by atoms with Crippen molar-refractivity contribution < 1.29 is 4.79 Å². The molecule has 1 amide bonds. The van der Waals surface area contributed by atoms with Gasteiger partial charge in [-0.05, 0) is 55.4 Å². The molecule has 1 aromatic rings. The average Bonchev–Trinajstić information content (AvgIpc) is 2.92. The molecular weight excluding hydrogens is 248 g/mol. The first-order chi connectivity index (χ1) is 9.70. The second-order valence-corrected chi connectivity index (χ2v) is 5.81. The van der Waals surface area contributed by atoms with Gasteiger partial charge in [0.05, 0.1) is 6.54 Å². The van der Waals surface area contributed by atoms with E-state index in [1.165, 1.54) is 19.3 Å². The van der Waals surface area contributed by atoms with Crippen LogP contribution in [0.2, 0.25) is 0 Å². The summed E-state index contributed by atoms with van der Waals surface area (Å²) >= 11 is 0. The summed E-state index contributed by atoms with van der Waals surface area (Å²) in [4.78, 5) is 12.2. The number of aryl methyl sites for hydroxylation is 1. The maximum absolute atomic E-state index is 12.2. The normalized spacial score (nSPS) is 26.4. The van der Waals surface area contributed by atoms with Crippen LogP contribution in [0.4, 0.5) is 5.69 Å². The molecule has 2 aliphatic carbocycles. The molecule has 0 aliphatic heterocycles. The van der Waals surface area contributed by atoms with Gasteiger partial charge in [0.2, 0.25) is 5.91 Å². The summed E-state index contributed by atoms with van der Waals surface area (Å²) in [6.07, 6.45) is 3.76. The van der Waals surface area contributed by atoms with Gasteiger partial charge in [0.1, 0.15) is 0 Å². The molecule has 3 heteroatoms. The van der Waals surface area contributed by atoms with Crippen LogP contribution in [0, 0.1) is 36.5 Å². The van der Waals surface area contributed by atoms with Gasteiger partial charge in [-0.2, -0.15) is 0 Å². The van der Waals surface area contributed by atoms with E-state index in [4.69, 9.17) is 5.73 Å². The van der Waals surface area contributed by atoms with Crippen molar-refractivity contribution in [3.63, 3.8) is 0 Å². The van der Waals surface area contributed by atoms with E-state index in [1.807, 2.05) is 25.1 Å². The largest absolute Gasteiger partial charge is 0.326 e. The van der Waals surface area contributed by atoms with Crippen LogP contribution in [0.3, 0.4) is 0 Å². The molecule has 0 heterocycles. The molecule has 0 saturated heterocycles. The number of rotatable bonds is 2. The van der Waals surface area contributed by atoms with Gasteiger partial charge in [-0.25, -0.2) is 0 Å². The van der Waals surface area contributed by atoms with Crippen LogP contribution in [-0.4, -0.2) is 12.5 Å². The molecule has 1 aromatic carbocycles. The zero-order valence-corrected chi connectivity index (χ0v) is 11.8. The lowest BCUT2D eigenvalue weighted by molar-refractivity contribution is -0.118. The predicted octanol–water partition coefficient (Wildman–Crippen LogP) is 2.29. The van der Waals surface area contributed by atoms with Crippen LogP contribution >= 0.6 is 0 Å². The monoisotopic (exact) mass is 268 g/mol. The Labute approximate surface area is 119 Å². The minimum absolute atomic E-state index is 0.194. The van der Waals surface area contributed by atoms with Crippen LogP contribution in [0.25, 0.3) is 0 Å². The molecule has 3 rings (SSSR count). The number of carbonyl (C=O) groups excluding carboxylic acids is 1. The summed E-state index contributed by atoms with van der Waals surface area (Å²) in [7, 11) is 0. The Hall–Kier alpha value is -1.79. The molecule has 3 nitrogen and oxygen atoms in total. The topological polar surface area (TPSA) is 55.1 Å². The molecule has 20 heavy (non-hydrogen) atoms. The minimum atomic E-state index is 0.194. The first-order valence-electron chi connectivity index (χ1n) is 7.31. The van der Waals surface area contributed by atoms with Crippen molar-refractivity contribution in [1.29, 1.82) is 0 Å². The zero-order valence-electron chi connectivity index (χ0n) is 11.8. The maximum atomic E-state index is 12.2. The Balaban J connectivity index is 1.66. The Bertz CT molecular complexity index is 587. The van der Waals surface area contributed by atoms with E-state index in [9.17, 15) is 4.79 Å². The van der Waals surface area contributed by atoms with Crippen LogP contribution in [-0.2, 0) is 4.79 Å². The highest BCUT2D eigenvalue weighted by molar-refractivity contribution is 5.95. The molecule has 0 aromatic heterocycles. The summed E-state index contributed by atoms with van der Waals surface area (Å²) in [6, 6.07) is 5.85. The molecule has 104 valence electrons. The number of fused-ring (bicyclic) bond motifs is 1. The molecule has 2 unspecified atom stereocenters. The fraction of sp³-hybridized carbons (Fsp3) is 0.471. The highest BCUT2D eigenvalue weighted by Gasteiger charge is 2.56. The van der Waals surface area contributed by atoms with Gasteiger partial charge in [-0.1, -0.05) is 18.3 Å². The second-order valence-electron chi connectivity index (χ2n) is 5.81. The molecular formula is C17H20N2O. The maximum Gasteiger partial charge on any atom is 0.228 e. The van der Waals surface area contributed by atoms with Crippen molar-refractivity contribution >= 4 is 11.6 Å². The minimum Gasteiger partial charge on any atom is -0.326 e. The summed E-state index contributed by atoms with van der Waals surface area (Å²) in [5.74, 6) is 7.66. The van der Waals surface area contributed by atoms with Crippen LogP contribution in [0.5, 0.6) is 0 Å². The number of amides is 1. The van der Waals surface area contributed by atoms with E-state index in [1.54, 1.807) is 0 Å². The van der Waals surface area contributed by atoms with Gasteiger partial charge in [-0.15, -0.1) is 0 Å². The van der Waals surface area contributed by atoms with Crippen LogP contribution in [0.1, 0.15) is 30.4 Å². The predicted molar refractivity (Wildman–Crippen MR) is 80.1 cm³/mol. The van der Waals surface area contributed by atoms with Gasteiger partial charge in [0.25, 0.3) is 0 Å². The third kappa shape index (κ3) is 2.44. The molecule has 0 spiro atoms. The fourth-order valence-electron chi connectivity index (χ4n) is 3.46. The number of hydrogen-bond acceptors (Lipinski definition) is 2. The van der Waals surface area contributed by atoms with Crippen molar-refractivity contribution in [2.75, 3.05) is 11.9 Å². The number of nitrogens with one attached hydrogen (secondary N) is 1. The Kier molecular flexibility index (Phi) is 3.50. The highest BCUT2D eigenvalue weighted by atomic mass is 16.2. The van der Waals surface area contributed by atoms with E-state index in [2.05, 4.69) is 17.2 Å². The molecule has 2 fully saturated rings.